The second-order valence-electron chi connectivity index (χ2n) is 4.37. The van der Waals surface area contributed by atoms with E-state index in [0.29, 0.717) is 5.69 Å². The van der Waals surface area contributed by atoms with Crippen LogP contribution in [-0.2, 0) is 0 Å². The van der Waals surface area contributed by atoms with E-state index in [0.717, 1.165) is 18.9 Å². The Morgan fingerprint density at radius 3 is 2.53 bits per heavy atom. The maximum absolute atomic E-state index is 12.3. The molecule has 1 aliphatic heterocycles. The maximum atomic E-state index is 12.3. The molecule has 0 aromatic carbocycles. The summed E-state index contributed by atoms with van der Waals surface area (Å²) in [5.74, 6) is 0.928. The number of anilines is 2. The summed E-state index contributed by atoms with van der Waals surface area (Å²) < 4.78 is 24.7. The Kier molecular flexibility index (Phi) is 3.76. The fourth-order valence-corrected chi connectivity index (χ4v) is 1.93. The molecular weight excluding hydrogens is 224 g/mol. The van der Waals surface area contributed by atoms with Gasteiger partial charge in [0.1, 0.15) is 5.82 Å². The third-order valence-electron chi connectivity index (χ3n) is 2.95. The van der Waals surface area contributed by atoms with Crippen LogP contribution in [0.3, 0.4) is 0 Å². The number of alkyl halides is 2. The molecule has 0 saturated carbocycles. The second-order valence-corrected chi connectivity index (χ2v) is 4.37. The minimum absolute atomic E-state index is 0.640. The van der Waals surface area contributed by atoms with Gasteiger partial charge in [-0.25, -0.2) is 13.8 Å². The zero-order chi connectivity index (χ0) is 12.3. The smallest absolute Gasteiger partial charge is 0.258 e. The van der Waals surface area contributed by atoms with Crippen LogP contribution in [0, 0.1) is 0 Å². The summed E-state index contributed by atoms with van der Waals surface area (Å²) in [5.41, 5.74) is 0.640. The predicted octanol–water partition coefficient (Wildman–Crippen LogP) is 2.75. The molecule has 0 amide bonds. The third-order valence-corrected chi connectivity index (χ3v) is 2.95. The van der Waals surface area contributed by atoms with Crippen molar-refractivity contribution in [1.29, 1.82) is 0 Å². The number of hydrogen-bond acceptors (Lipinski definition) is 3. The van der Waals surface area contributed by atoms with Gasteiger partial charge in [-0.1, -0.05) is 0 Å². The van der Waals surface area contributed by atoms with Gasteiger partial charge >= 0.3 is 0 Å². The molecule has 17 heavy (non-hydrogen) atoms. The summed E-state index contributed by atoms with van der Waals surface area (Å²) in [6.45, 7) is 3.53. The standard InChI is InChI=1S/C12H17F2N3/c1-9(12(13)14)16-10-4-5-11(15-8-10)17-6-2-3-7-17/h4-5,8-9,12,16H,2-3,6-7H2,1H3. The highest BCUT2D eigenvalue weighted by Crippen LogP contribution is 2.19. The van der Waals surface area contributed by atoms with Crippen LogP contribution in [0.1, 0.15) is 19.8 Å². The first kappa shape index (κ1) is 12.1. The van der Waals surface area contributed by atoms with Crippen LogP contribution in [0.4, 0.5) is 20.3 Å². The lowest BCUT2D eigenvalue weighted by Gasteiger charge is -2.18. The molecule has 1 aromatic heterocycles. The minimum Gasteiger partial charge on any atom is -0.376 e. The second kappa shape index (κ2) is 5.29. The van der Waals surface area contributed by atoms with Crippen LogP contribution in [0.5, 0.6) is 0 Å². The van der Waals surface area contributed by atoms with E-state index >= 15 is 0 Å². The monoisotopic (exact) mass is 241 g/mol. The molecule has 2 rings (SSSR count). The highest BCUT2D eigenvalue weighted by molar-refractivity contribution is 5.49. The number of nitrogens with zero attached hydrogens (tertiary/aromatic N) is 2. The molecule has 3 nitrogen and oxygen atoms in total. The first-order valence-electron chi connectivity index (χ1n) is 5.92. The van der Waals surface area contributed by atoms with Crippen LogP contribution >= 0.6 is 0 Å². The lowest BCUT2D eigenvalue weighted by molar-refractivity contribution is 0.130. The number of halogens is 2. The Morgan fingerprint density at radius 2 is 2.00 bits per heavy atom. The van der Waals surface area contributed by atoms with E-state index in [1.807, 2.05) is 6.07 Å². The Labute approximate surface area is 99.8 Å². The van der Waals surface area contributed by atoms with Crippen molar-refractivity contribution in [1.82, 2.24) is 4.98 Å². The Morgan fingerprint density at radius 1 is 1.29 bits per heavy atom. The fraction of sp³-hybridized carbons (Fsp3) is 0.583. The van der Waals surface area contributed by atoms with Crippen molar-refractivity contribution >= 4 is 11.5 Å². The van der Waals surface area contributed by atoms with Crippen molar-refractivity contribution in [3.8, 4) is 0 Å². The van der Waals surface area contributed by atoms with Gasteiger partial charge in [0.05, 0.1) is 17.9 Å². The zero-order valence-electron chi connectivity index (χ0n) is 9.87. The van der Waals surface area contributed by atoms with Crippen molar-refractivity contribution in [3.05, 3.63) is 18.3 Å². The van der Waals surface area contributed by atoms with Crippen LogP contribution in [0.2, 0.25) is 0 Å². The predicted molar refractivity (Wildman–Crippen MR) is 64.8 cm³/mol. The molecular formula is C12H17F2N3. The van der Waals surface area contributed by atoms with Gasteiger partial charge in [-0.15, -0.1) is 0 Å². The molecule has 1 saturated heterocycles. The van der Waals surface area contributed by atoms with E-state index in [1.165, 1.54) is 19.8 Å². The van der Waals surface area contributed by atoms with E-state index in [2.05, 4.69) is 15.2 Å². The van der Waals surface area contributed by atoms with Gasteiger partial charge in [-0.2, -0.15) is 0 Å². The Hall–Kier alpha value is -1.39. The molecule has 1 atom stereocenters. The summed E-state index contributed by atoms with van der Waals surface area (Å²) in [4.78, 5) is 6.50. The topological polar surface area (TPSA) is 28.2 Å². The van der Waals surface area contributed by atoms with E-state index in [1.54, 1.807) is 12.3 Å². The van der Waals surface area contributed by atoms with Crippen molar-refractivity contribution in [2.75, 3.05) is 23.3 Å². The van der Waals surface area contributed by atoms with Crippen LogP contribution < -0.4 is 10.2 Å². The van der Waals surface area contributed by atoms with Crippen molar-refractivity contribution in [2.45, 2.75) is 32.2 Å². The van der Waals surface area contributed by atoms with E-state index < -0.39 is 12.5 Å². The number of rotatable bonds is 4. The van der Waals surface area contributed by atoms with Gasteiger partial charge in [-0.3, -0.25) is 0 Å². The van der Waals surface area contributed by atoms with E-state index in [9.17, 15) is 8.78 Å². The highest BCUT2D eigenvalue weighted by atomic mass is 19.3. The first-order chi connectivity index (χ1) is 8.16. The first-order valence-corrected chi connectivity index (χ1v) is 5.92. The molecule has 1 aromatic rings. The number of pyridine rings is 1. The van der Waals surface area contributed by atoms with Crippen molar-refractivity contribution < 1.29 is 8.78 Å². The fourth-order valence-electron chi connectivity index (χ4n) is 1.93. The van der Waals surface area contributed by atoms with Crippen LogP contribution in [0.25, 0.3) is 0 Å². The Bertz CT molecular complexity index is 347. The lowest BCUT2D eigenvalue weighted by atomic mass is 10.3. The van der Waals surface area contributed by atoms with Gasteiger partial charge in [0.25, 0.3) is 6.43 Å². The molecule has 1 unspecified atom stereocenters. The van der Waals surface area contributed by atoms with E-state index in [-0.39, 0.29) is 0 Å². The Balaban J connectivity index is 1.97. The molecule has 1 fully saturated rings. The molecule has 2 heterocycles. The molecule has 1 N–H and O–H groups in total. The zero-order valence-corrected chi connectivity index (χ0v) is 9.87. The molecule has 0 aliphatic carbocycles. The summed E-state index contributed by atoms with van der Waals surface area (Å²) in [7, 11) is 0. The molecule has 0 radical (unpaired) electrons. The summed E-state index contributed by atoms with van der Waals surface area (Å²) >= 11 is 0. The number of nitrogens with one attached hydrogen (secondary N) is 1. The van der Waals surface area contributed by atoms with Crippen LogP contribution in [-0.4, -0.2) is 30.5 Å². The van der Waals surface area contributed by atoms with Gasteiger partial charge < -0.3 is 10.2 Å². The molecule has 0 spiro atoms. The normalized spacial score (nSPS) is 17.5. The van der Waals surface area contributed by atoms with E-state index in [4.69, 9.17) is 0 Å². The van der Waals surface area contributed by atoms with Crippen molar-refractivity contribution in [3.63, 3.8) is 0 Å². The third kappa shape index (κ3) is 3.05. The van der Waals surface area contributed by atoms with Crippen molar-refractivity contribution in [2.24, 2.45) is 0 Å². The molecule has 5 heteroatoms. The van der Waals surface area contributed by atoms with Gasteiger partial charge in [-0.05, 0) is 31.9 Å². The van der Waals surface area contributed by atoms with Crippen LogP contribution in [0.15, 0.2) is 18.3 Å². The number of hydrogen-bond donors (Lipinski definition) is 1. The SMILES string of the molecule is CC(Nc1ccc(N2CCCC2)nc1)C(F)F. The van der Waals surface area contributed by atoms with Gasteiger partial charge in [0.2, 0.25) is 0 Å². The quantitative estimate of drug-likeness (QED) is 0.878. The average Bonchev–Trinajstić information content (AvgIpc) is 2.83. The molecule has 94 valence electrons. The number of aromatic nitrogens is 1. The molecule has 1 aliphatic rings. The highest BCUT2D eigenvalue weighted by Gasteiger charge is 2.15. The maximum Gasteiger partial charge on any atom is 0.258 e. The largest absolute Gasteiger partial charge is 0.376 e. The summed E-state index contributed by atoms with van der Waals surface area (Å²) in [6.07, 6.45) is 1.65. The lowest BCUT2D eigenvalue weighted by Crippen LogP contribution is -2.24. The van der Waals surface area contributed by atoms with Gasteiger partial charge in [0, 0.05) is 13.1 Å². The summed E-state index contributed by atoms with van der Waals surface area (Å²) in [6, 6.07) is 2.83. The van der Waals surface area contributed by atoms with Gasteiger partial charge in [0.15, 0.2) is 0 Å². The minimum atomic E-state index is -2.37. The molecule has 0 bridgehead atoms. The average molecular weight is 241 g/mol. The summed E-state index contributed by atoms with van der Waals surface area (Å²) in [5, 5.41) is 2.73.